The Balaban J connectivity index is 1.31. The minimum Gasteiger partial charge on any atom is -0.408 e. The minimum atomic E-state index is -0.864. The molecule has 9 nitrogen and oxygen atoms in total. The Morgan fingerprint density at radius 2 is 2.00 bits per heavy atom. The second kappa shape index (κ2) is 9.76. The van der Waals surface area contributed by atoms with E-state index in [0.29, 0.717) is 17.1 Å². The van der Waals surface area contributed by atoms with Gasteiger partial charge in [-0.05, 0) is 43.8 Å². The minimum absolute atomic E-state index is 0.329. The number of aromatic nitrogens is 3. The maximum Gasteiger partial charge on any atom is 0.410 e. The highest BCUT2D eigenvalue weighted by molar-refractivity contribution is 5.87. The Kier molecular flexibility index (Phi) is 6.63. The first kappa shape index (κ1) is 21.1. The van der Waals surface area contributed by atoms with Crippen LogP contribution in [0.5, 0.6) is 5.75 Å². The topological polar surface area (TPSA) is 112 Å². The number of carbonyl (C=O) groups is 1. The number of benzene rings is 1. The summed E-state index contributed by atoms with van der Waals surface area (Å²) in [4.78, 5) is 28.4. The van der Waals surface area contributed by atoms with E-state index in [2.05, 4.69) is 37.0 Å². The van der Waals surface area contributed by atoms with E-state index in [-0.39, 0.29) is 0 Å². The van der Waals surface area contributed by atoms with Crippen LogP contribution in [0.25, 0.3) is 22.4 Å². The quantitative estimate of drug-likeness (QED) is 0.477. The van der Waals surface area contributed by atoms with E-state index in [4.69, 9.17) is 10.5 Å². The SMILES string of the molecule is CCN1CCN(CCCNc2ccc(-c3nc4c(OC(N)=O)cccc4[nH]3)cn2)CC1. The lowest BCUT2D eigenvalue weighted by Crippen LogP contribution is -2.46. The van der Waals surface area contributed by atoms with Crippen LogP contribution in [0.15, 0.2) is 36.5 Å². The molecule has 0 radical (unpaired) electrons. The number of ether oxygens (including phenoxy) is 1. The van der Waals surface area contributed by atoms with Gasteiger partial charge in [0.25, 0.3) is 0 Å². The monoisotopic (exact) mass is 423 g/mol. The molecule has 3 aromatic rings. The summed E-state index contributed by atoms with van der Waals surface area (Å²) in [5.41, 5.74) is 7.29. The number of likely N-dealkylation sites (N-methyl/N-ethyl adjacent to an activating group) is 1. The van der Waals surface area contributed by atoms with Gasteiger partial charge in [-0.3, -0.25) is 0 Å². The molecule has 0 bridgehead atoms. The van der Waals surface area contributed by atoms with Gasteiger partial charge < -0.3 is 30.6 Å². The van der Waals surface area contributed by atoms with Gasteiger partial charge in [-0.25, -0.2) is 14.8 Å². The van der Waals surface area contributed by atoms with Gasteiger partial charge in [-0.1, -0.05) is 13.0 Å². The summed E-state index contributed by atoms with van der Waals surface area (Å²) in [6.45, 7) is 10.0. The van der Waals surface area contributed by atoms with E-state index in [0.717, 1.165) is 56.0 Å². The van der Waals surface area contributed by atoms with E-state index in [1.807, 2.05) is 18.2 Å². The van der Waals surface area contributed by atoms with Crippen molar-refractivity contribution in [1.29, 1.82) is 0 Å². The van der Waals surface area contributed by atoms with Crippen molar-refractivity contribution < 1.29 is 9.53 Å². The molecule has 1 aliphatic rings. The molecule has 0 spiro atoms. The average molecular weight is 424 g/mol. The normalized spacial score (nSPS) is 15.3. The van der Waals surface area contributed by atoms with Crippen molar-refractivity contribution in [3.8, 4) is 17.1 Å². The predicted octanol–water partition coefficient (Wildman–Crippen LogP) is 2.52. The number of carbonyl (C=O) groups excluding carboxylic acids is 1. The molecule has 1 fully saturated rings. The van der Waals surface area contributed by atoms with Crippen molar-refractivity contribution in [3.05, 3.63) is 36.5 Å². The maximum atomic E-state index is 11.1. The van der Waals surface area contributed by atoms with Gasteiger partial charge in [0.05, 0.1) is 5.52 Å². The molecule has 0 unspecified atom stereocenters. The second-order valence-electron chi connectivity index (χ2n) is 7.65. The molecular weight excluding hydrogens is 394 g/mol. The number of imidazole rings is 1. The summed E-state index contributed by atoms with van der Waals surface area (Å²) in [7, 11) is 0. The summed E-state index contributed by atoms with van der Waals surface area (Å²) in [5.74, 6) is 1.82. The maximum absolute atomic E-state index is 11.1. The largest absolute Gasteiger partial charge is 0.410 e. The van der Waals surface area contributed by atoms with Crippen LogP contribution >= 0.6 is 0 Å². The van der Waals surface area contributed by atoms with Gasteiger partial charge in [-0.15, -0.1) is 0 Å². The fourth-order valence-electron chi connectivity index (χ4n) is 3.82. The summed E-state index contributed by atoms with van der Waals surface area (Å²) in [6.07, 6.45) is 2.00. The zero-order valence-corrected chi connectivity index (χ0v) is 17.8. The fraction of sp³-hybridized carbons (Fsp3) is 0.409. The number of anilines is 1. The number of pyridine rings is 1. The number of primary amides is 1. The van der Waals surface area contributed by atoms with E-state index >= 15 is 0 Å². The van der Waals surface area contributed by atoms with Crippen molar-refractivity contribution in [3.63, 3.8) is 0 Å². The highest BCUT2D eigenvalue weighted by Crippen LogP contribution is 2.27. The molecule has 4 rings (SSSR count). The molecule has 1 aromatic carbocycles. The van der Waals surface area contributed by atoms with Gasteiger partial charge >= 0.3 is 6.09 Å². The number of nitrogens with zero attached hydrogens (tertiary/aromatic N) is 4. The summed E-state index contributed by atoms with van der Waals surface area (Å²) in [6, 6.07) is 9.21. The predicted molar refractivity (Wildman–Crippen MR) is 121 cm³/mol. The van der Waals surface area contributed by atoms with Crippen LogP contribution in [0, 0.1) is 0 Å². The molecule has 0 aliphatic carbocycles. The number of piperazine rings is 1. The molecule has 3 heterocycles. The molecule has 1 amide bonds. The zero-order chi connectivity index (χ0) is 21.6. The van der Waals surface area contributed by atoms with Crippen LogP contribution in [0.4, 0.5) is 10.6 Å². The summed E-state index contributed by atoms with van der Waals surface area (Å²) >= 11 is 0. The lowest BCUT2D eigenvalue weighted by atomic mass is 10.2. The molecular formula is C22H29N7O2. The first-order valence-corrected chi connectivity index (χ1v) is 10.7. The Morgan fingerprint density at radius 3 is 2.71 bits per heavy atom. The van der Waals surface area contributed by atoms with Crippen molar-refractivity contribution >= 4 is 22.9 Å². The molecule has 1 saturated heterocycles. The van der Waals surface area contributed by atoms with E-state index in [1.54, 1.807) is 18.3 Å². The molecule has 9 heteroatoms. The lowest BCUT2D eigenvalue weighted by molar-refractivity contribution is 0.137. The number of rotatable bonds is 8. The van der Waals surface area contributed by atoms with Crippen molar-refractivity contribution in [2.24, 2.45) is 5.73 Å². The molecule has 164 valence electrons. The molecule has 0 saturated carbocycles. The Labute approximate surface area is 181 Å². The number of hydrogen-bond donors (Lipinski definition) is 3. The molecule has 4 N–H and O–H groups in total. The third-order valence-corrected chi connectivity index (χ3v) is 5.59. The van der Waals surface area contributed by atoms with Crippen molar-refractivity contribution in [1.82, 2.24) is 24.8 Å². The van der Waals surface area contributed by atoms with Crippen LogP contribution < -0.4 is 15.8 Å². The summed E-state index contributed by atoms with van der Waals surface area (Å²) < 4.78 is 5.03. The lowest BCUT2D eigenvalue weighted by Gasteiger charge is -2.33. The number of nitrogens with two attached hydrogens (primary N) is 1. The van der Waals surface area contributed by atoms with Gasteiger partial charge in [0.1, 0.15) is 17.2 Å². The molecule has 2 aromatic heterocycles. The summed E-state index contributed by atoms with van der Waals surface area (Å²) in [5, 5.41) is 3.39. The zero-order valence-electron chi connectivity index (χ0n) is 17.8. The fourth-order valence-corrected chi connectivity index (χ4v) is 3.82. The van der Waals surface area contributed by atoms with Gasteiger partial charge in [-0.2, -0.15) is 0 Å². The highest BCUT2D eigenvalue weighted by atomic mass is 16.5. The van der Waals surface area contributed by atoms with E-state index in [1.165, 1.54) is 13.1 Å². The number of amides is 1. The first-order valence-electron chi connectivity index (χ1n) is 10.7. The highest BCUT2D eigenvalue weighted by Gasteiger charge is 2.15. The Bertz CT molecular complexity index is 1010. The van der Waals surface area contributed by atoms with Crippen molar-refractivity contribution in [2.75, 3.05) is 51.1 Å². The van der Waals surface area contributed by atoms with Crippen LogP contribution in [-0.4, -0.2) is 76.7 Å². The van der Waals surface area contributed by atoms with Gasteiger partial charge in [0, 0.05) is 44.5 Å². The third-order valence-electron chi connectivity index (χ3n) is 5.59. The van der Waals surface area contributed by atoms with Crippen LogP contribution in [0.2, 0.25) is 0 Å². The first-order chi connectivity index (χ1) is 15.1. The van der Waals surface area contributed by atoms with Crippen LogP contribution in [0.3, 0.4) is 0 Å². The smallest absolute Gasteiger partial charge is 0.408 e. The number of hydrogen-bond acceptors (Lipinski definition) is 7. The third kappa shape index (κ3) is 5.31. The number of aromatic amines is 1. The van der Waals surface area contributed by atoms with Crippen LogP contribution in [-0.2, 0) is 0 Å². The van der Waals surface area contributed by atoms with E-state index < -0.39 is 6.09 Å². The Morgan fingerprint density at radius 1 is 1.19 bits per heavy atom. The second-order valence-corrected chi connectivity index (χ2v) is 7.65. The molecule has 31 heavy (non-hydrogen) atoms. The van der Waals surface area contributed by atoms with Crippen LogP contribution in [0.1, 0.15) is 13.3 Å². The van der Waals surface area contributed by atoms with Crippen molar-refractivity contribution in [2.45, 2.75) is 13.3 Å². The van der Waals surface area contributed by atoms with Gasteiger partial charge in [0.15, 0.2) is 5.75 Å². The molecule has 0 atom stereocenters. The standard InChI is InChI=1S/C22H29N7O2/c1-2-28-11-13-29(14-12-28)10-4-9-24-19-8-7-16(15-25-19)21-26-17-5-3-6-18(20(17)27-21)31-22(23)30/h3,5-8,15H,2,4,9-14H2,1H3,(H2,23,30)(H,24,25)(H,26,27). The van der Waals surface area contributed by atoms with Gasteiger partial charge in [0.2, 0.25) is 0 Å². The molecule has 1 aliphatic heterocycles. The Hall–Kier alpha value is -3.17. The number of nitrogens with one attached hydrogen (secondary N) is 2. The average Bonchev–Trinajstić information content (AvgIpc) is 3.23. The number of H-pyrrole nitrogens is 1. The number of para-hydroxylation sites is 1. The number of fused-ring (bicyclic) bond motifs is 1. The van der Waals surface area contributed by atoms with E-state index in [9.17, 15) is 4.79 Å².